The number of pyridine rings is 2. The molecule has 0 saturated heterocycles. The maximum atomic E-state index is 4.53. The van der Waals surface area contributed by atoms with Crippen molar-refractivity contribution in [3.8, 4) is 0 Å². The molecule has 0 spiro atoms. The molecule has 3 aromatic rings. The number of nitrogens with one attached hydrogen (secondary N) is 1. The lowest BCUT2D eigenvalue weighted by molar-refractivity contribution is 0.692. The Bertz CT molecular complexity index is 737. The van der Waals surface area contributed by atoms with E-state index in [1.165, 1.54) is 0 Å². The fourth-order valence-electron chi connectivity index (χ4n) is 2.45. The van der Waals surface area contributed by atoms with Gasteiger partial charge in [-0.15, -0.1) is 0 Å². The van der Waals surface area contributed by atoms with Crippen molar-refractivity contribution in [1.29, 1.82) is 0 Å². The maximum Gasteiger partial charge on any atom is 0.0753 e. The van der Waals surface area contributed by atoms with E-state index in [9.17, 15) is 0 Å². The Balaban J connectivity index is 2.17. The summed E-state index contributed by atoms with van der Waals surface area (Å²) in [7, 11) is 1.95. The van der Waals surface area contributed by atoms with Gasteiger partial charge in [-0.2, -0.15) is 0 Å². The minimum atomic E-state index is 0.0681. The fraction of sp³-hybridized carbons (Fsp3) is 0.125. The summed E-state index contributed by atoms with van der Waals surface area (Å²) < 4.78 is 0.975. The molecule has 1 N–H and O–H groups in total. The molecule has 2 aromatic heterocycles. The van der Waals surface area contributed by atoms with Gasteiger partial charge in [0, 0.05) is 28.4 Å². The lowest BCUT2D eigenvalue weighted by Gasteiger charge is -2.18. The first kappa shape index (κ1) is 13.2. The summed E-state index contributed by atoms with van der Waals surface area (Å²) in [5.74, 6) is 0. The zero-order chi connectivity index (χ0) is 13.9. The van der Waals surface area contributed by atoms with Gasteiger partial charge in [0.25, 0.3) is 0 Å². The molecule has 4 heteroatoms. The molecule has 0 aliphatic heterocycles. The topological polar surface area (TPSA) is 37.8 Å². The van der Waals surface area contributed by atoms with E-state index >= 15 is 0 Å². The second kappa shape index (κ2) is 5.69. The number of benzene rings is 1. The van der Waals surface area contributed by atoms with Crippen LogP contribution in [0.4, 0.5) is 0 Å². The van der Waals surface area contributed by atoms with Gasteiger partial charge in [0.15, 0.2) is 0 Å². The maximum absolute atomic E-state index is 4.53. The van der Waals surface area contributed by atoms with Gasteiger partial charge >= 0.3 is 0 Å². The fourth-order valence-corrected chi connectivity index (χ4v) is 2.83. The molecule has 0 amide bonds. The number of halogens is 1. The first-order chi connectivity index (χ1) is 9.79. The number of nitrogens with zero attached hydrogens (tertiary/aromatic N) is 2. The number of rotatable bonds is 3. The van der Waals surface area contributed by atoms with Crippen LogP contribution in [0.1, 0.15) is 17.2 Å². The Morgan fingerprint density at radius 2 is 2.00 bits per heavy atom. The number of para-hydroxylation sites is 1. The number of hydrogen-bond donors (Lipinski definition) is 1. The predicted octanol–water partition coefficient (Wildman–Crippen LogP) is 3.70. The quantitative estimate of drug-likeness (QED) is 0.797. The summed E-state index contributed by atoms with van der Waals surface area (Å²) in [6.45, 7) is 0. The van der Waals surface area contributed by atoms with E-state index in [0.717, 1.165) is 26.5 Å². The van der Waals surface area contributed by atoms with E-state index < -0.39 is 0 Å². The Kier molecular flexibility index (Phi) is 3.76. The molecule has 0 saturated carbocycles. The zero-order valence-electron chi connectivity index (χ0n) is 11.0. The molecule has 20 heavy (non-hydrogen) atoms. The van der Waals surface area contributed by atoms with Crippen molar-refractivity contribution >= 4 is 26.8 Å². The van der Waals surface area contributed by atoms with Crippen molar-refractivity contribution in [3.05, 3.63) is 70.6 Å². The van der Waals surface area contributed by atoms with Crippen LogP contribution < -0.4 is 5.32 Å². The van der Waals surface area contributed by atoms with Crippen LogP contribution in [0.25, 0.3) is 10.9 Å². The average Bonchev–Trinajstić information content (AvgIpc) is 2.48. The Hall–Kier alpha value is -1.78. The molecular weight excluding hydrogens is 314 g/mol. The molecular formula is C16H14BrN3. The SMILES string of the molecule is CNC(c1cncc(Br)c1)c1cccc2cccnc12. The van der Waals surface area contributed by atoms with Gasteiger partial charge in [0.05, 0.1) is 11.6 Å². The van der Waals surface area contributed by atoms with E-state index in [0.29, 0.717) is 0 Å². The summed E-state index contributed by atoms with van der Waals surface area (Å²) >= 11 is 3.48. The van der Waals surface area contributed by atoms with Crippen LogP contribution in [-0.2, 0) is 0 Å². The molecule has 1 aromatic carbocycles. The van der Waals surface area contributed by atoms with Gasteiger partial charge in [0.2, 0.25) is 0 Å². The highest BCUT2D eigenvalue weighted by Gasteiger charge is 2.15. The third-order valence-corrected chi connectivity index (χ3v) is 3.76. The van der Waals surface area contributed by atoms with Gasteiger partial charge in [0.1, 0.15) is 0 Å². The van der Waals surface area contributed by atoms with Gasteiger partial charge in [-0.25, -0.2) is 0 Å². The summed E-state index contributed by atoms with van der Waals surface area (Å²) in [6.07, 6.45) is 5.50. The van der Waals surface area contributed by atoms with E-state index in [1.807, 2.05) is 25.5 Å². The van der Waals surface area contributed by atoms with Crippen molar-refractivity contribution in [2.45, 2.75) is 6.04 Å². The number of hydrogen-bond acceptors (Lipinski definition) is 3. The number of aromatic nitrogens is 2. The van der Waals surface area contributed by atoms with E-state index in [1.54, 1.807) is 6.20 Å². The first-order valence-corrected chi connectivity index (χ1v) is 7.20. The molecule has 0 aliphatic carbocycles. The van der Waals surface area contributed by atoms with Crippen LogP contribution >= 0.6 is 15.9 Å². The molecule has 0 aliphatic rings. The molecule has 2 heterocycles. The molecule has 100 valence electrons. The number of fused-ring (bicyclic) bond motifs is 1. The van der Waals surface area contributed by atoms with Crippen molar-refractivity contribution in [2.75, 3.05) is 7.05 Å². The predicted molar refractivity (Wildman–Crippen MR) is 84.6 cm³/mol. The second-order valence-electron chi connectivity index (χ2n) is 4.58. The first-order valence-electron chi connectivity index (χ1n) is 6.41. The zero-order valence-corrected chi connectivity index (χ0v) is 12.6. The summed E-state index contributed by atoms with van der Waals surface area (Å²) in [5, 5.41) is 4.50. The third kappa shape index (κ3) is 2.44. The molecule has 3 rings (SSSR count). The third-order valence-electron chi connectivity index (χ3n) is 3.32. The Morgan fingerprint density at radius 1 is 1.15 bits per heavy atom. The highest BCUT2D eigenvalue weighted by Crippen LogP contribution is 2.28. The van der Waals surface area contributed by atoms with Crippen molar-refractivity contribution in [1.82, 2.24) is 15.3 Å². The summed E-state index contributed by atoms with van der Waals surface area (Å²) in [5.41, 5.74) is 3.29. The smallest absolute Gasteiger partial charge is 0.0753 e. The van der Waals surface area contributed by atoms with Crippen molar-refractivity contribution in [2.24, 2.45) is 0 Å². The average molecular weight is 328 g/mol. The van der Waals surface area contributed by atoms with Crippen LogP contribution in [0.3, 0.4) is 0 Å². The van der Waals surface area contributed by atoms with Crippen LogP contribution in [0.15, 0.2) is 59.5 Å². The summed E-state index contributed by atoms with van der Waals surface area (Å²) in [4.78, 5) is 8.78. The second-order valence-corrected chi connectivity index (χ2v) is 5.50. The molecule has 1 unspecified atom stereocenters. The van der Waals surface area contributed by atoms with Gasteiger partial charge in [-0.05, 0) is 46.2 Å². The van der Waals surface area contributed by atoms with Crippen molar-refractivity contribution < 1.29 is 0 Å². The monoisotopic (exact) mass is 327 g/mol. The lowest BCUT2D eigenvalue weighted by atomic mass is 9.97. The molecule has 3 nitrogen and oxygen atoms in total. The van der Waals surface area contributed by atoms with Crippen molar-refractivity contribution in [3.63, 3.8) is 0 Å². The minimum absolute atomic E-state index is 0.0681. The van der Waals surface area contributed by atoms with Crippen LogP contribution in [0.2, 0.25) is 0 Å². The van der Waals surface area contributed by atoms with E-state index in [4.69, 9.17) is 0 Å². The van der Waals surface area contributed by atoms with Gasteiger partial charge < -0.3 is 5.32 Å². The van der Waals surface area contributed by atoms with Crippen LogP contribution in [0.5, 0.6) is 0 Å². The largest absolute Gasteiger partial charge is 0.309 e. The van der Waals surface area contributed by atoms with Gasteiger partial charge in [-0.1, -0.05) is 24.3 Å². The molecule has 0 bridgehead atoms. The van der Waals surface area contributed by atoms with Gasteiger partial charge in [-0.3, -0.25) is 9.97 Å². The highest BCUT2D eigenvalue weighted by molar-refractivity contribution is 9.10. The Morgan fingerprint density at radius 3 is 2.80 bits per heavy atom. The summed E-state index contributed by atoms with van der Waals surface area (Å²) in [6, 6.07) is 12.4. The highest BCUT2D eigenvalue weighted by atomic mass is 79.9. The minimum Gasteiger partial charge on any atom is -0.309 e. The molecule has 0 fully saturated rings. The van der Waals surface area contributed by atoms with Crippen LogP contribution in [-0.4, -0.2) is 17.0 Å². The molecule has 0 radical (unpaired) electrons. The normalized spacial score (nSPS) is 12.5. The molecule has 1 atom stereocenters. The van der Waals surface area contributed by atoms with E-state index in [-0.39, 0.29) is 6.04 Å². The standard InChI is InChI=1S/C16H14BrN3/c1-18-15(12-8-13(17)10-19-9-12)14-6-2-4-11-5-3-7-20-16(11)14/h2-10,15,18H,1H3. The van der Waals surface area contributed by atoms with E-state index in [2.05, 4.69) is 61.5 Å². The lowest BCUT2D eigenvalue weighted by Crippen LogP contribution is -2.18. The van der Waals surface area contributed by atoms with Crippen LogP contribution in [0, 0.1) is 0 Å². The Labute approximate surface area is 126 Å².